The van der Waals surface area contributed by atoms with E-state index in [-0.39, 0.29) is 5.69 Å². The van der Waals surface area contributed by atoms with Crippen molar-refractivity contribution >= 4 is 27.8 Å². The van der Waals surface area contributed by atoms with Crippen LogP contribution < -0.4 is 9.47 Å². The van der Waals surface area contributed by atoms with Crippen molar-refractivity contribution in [3.63, 3.8) is 0 Å². The maximum atomic E-state index is 11.6. The molecule has 0 aliphatic heterocycles. The van der Waals surface area contributed by atoms with Crippen molar-refractivity contribution in [3.05, 3.63) is 54.2 Å². The van der Waals surface area contributed by atoms with Gasteiger partial charge in [0.1, 0.15) is 5.69 Å². The Labute approximate surface area is 149 Å². The fourth-order valence-electron chi connectivity index (χ4n) is 3.15. The average molecular weight is 348 g/mol. The monoisotopic (exact) mass is 348 g/mol. The molecule has 2 aromatic heterocycles. The standard InChI is InChI=1S/C20H16N2O4/c1-25-16-8-7-11(9-17(16)26-2)18-19-13(10-15(22-18)20(23)24)12-5-3-4-6-14(12)21-19/h3-10,21H,1-2H3,(H,23,24). The van der Waals surface area contributed by atoms with Crippen LogP contribution in [-0.2, 0) is 0 Å². The second-order valence-electron chi connectivity index (χ2n) is 5.82. The number of H-pyrrole nitrogens is 1. The molecule has 0 amide bonds. The molecule has 0 radical (unpaired) electrons. The van der Waals surface area contributed by atoms with E-state index >= 15 is 0 Å². The molecule has 0 saturated heterocycles. The van der Waals surface area contributed by atoms with Crippen LogP contribution in [0.3, 0.4) is 0 Å². The lowest BCUT2D eigenvalue weighted by Gasteiger charge is -2.10. The van der Waals surface area contributed by atoms with Gasteiger partial charge in [-0.2, -0.15) is 0 Å². The molecule has 0 aliphatic rings. The smallest absolute Gasteiger partial charge is 0.354 e. The van der Waals surface area contributed by atoms with Crippen LogP contribution in [0.4, 0.5) is 0 Å². The van der Waals surface area contributed by atoms with E-state index in [1.54, 1.807) is 32.4 Å². The number of carbonyl (C=O) groups is 1. The Morgan fingerprint density at radius 1 is 1.00 bits per heavy atom. The predicted molar refractivity (Wildman–Crippen MR) is 99.1 cm³/mol. The normalized spacial score (nSPS) is 11.0. The van der Waals surface area contributed by atoms with Crippen LogP contribution in [0, 0.1) is 0 Å². The number of carboxylic acid groups (broad SMARTS) is 1. The van der Waals surface area contributed by atoms with E-state index in [0.29, 0.717) is 17.2 Å². The van der Waals surface area contributed by atoms with Gasteiger partial charge in [-0.25, -0.2) is 9.78 Å². The molecule has 2 heterocycles. The number of nitrogens with one attached hydrogen (secondary N) is 1. The number of hydrogen-bond acceptors (Lipinski definition) is 4. The van der Waals surface area contributed by atoms with Crippen molar-refractivity contribution in [2.24, 2.45) is 0 Å². The van der Waals surface area contributed by atoms with Crippen molar-refractivity contribution in [2.75, 3.05) is 14.2 Å². The third-order valence-electron chi connectivity index (χ3n) is 4.37. The molecule has 6 nitrogen and oxygen atoms in total. The quantitative estimate of drug-likeness (QED) is 0.580. The summed E-state index contributed by atoms with van der Waals surface area (Å²) in [7, 11) is 3.12. The van der Waals surface area contributed by atoms with Crippen LogP contribution >= 0.6 is 0 Å². The summed E-state index contributed by atoms with van der Waals surface area (Å²) in [5.74, 6) is 0.0780. The van der Waals surface area contributed by atoms with Gasteiger partial charge in [-0.1, -0.05) is 18.2 Å². The van der Waals surface area contributed by atoms with E-state index in [9.17, 15) is 9.90 Å². The fraction of sp³-hybridized carbons (Fsp3) is 0.100. The summed E-state index contributed by atoms with van der Waals surface area (Å²) in [5.41, 5.74) is 2.99. The van der Waals surface area contributed by atoms with Crippen molar-refractivity contribution in [3.8, 4) is 22.8 Å². The molecule has 0 bridgehead atoms. The van der Waals surface area contributed by atoms with Gasteiger partial charge in [0.25, 0.3) is 0 Å². The van der Waals surface area contributed by atoms with Gasteiger partial charge in [0, 0.05) is 21.9 Å². The lowest BCUT2D eigenvalue weighted by atomic mass is 10.1. The molecule has 0 aliphatic carbocycles. The zero-order chi connectivity index (χ0) is 18.3. The zero-order valence-electron chi connectivity index (χ0n) is 14.2. The van der Waals surface area contributed by atoms with Crippen LogP contribution in [0.5, 0.6) is 11.5 Å². The number of benzene rings is 2. The molecule has 2 aromatic carbocycles. The first-order chi connectivity index (χ1) is 12.6. The Morgan fingerprint density at radius 3 is 2.50 bits per heavy atom. The number of aromatic nitrogens is 2. The number of aromatic carboxylic acids is 1. The van der Waals surface area contributed by atoms with Crippen LogP contribution in [0.15, 0.2) is 48.5 Å². The number of rotatable bonds is 4. The first kappa shape index (κ1) is 16.0. The van der Waals surface area contributed by atoms with Gasteiger partial charge in [-0.3, -0.25) is 0 Å². The molecule has 2 N–H and O–H groups in total. The second kappa shape index (κ2) is 6.07. The highest BCUT2D eigenvalue weighted by atomic mass is 16.5. The predicted octanol–water partition coefficient (Wildman–Crippen LogP) is 4.10. The summed E-state index contributed by atoms with van der Waals surface area (Å²) < 4.78 is 10.6. The Balaban J connectivity index is 2.06. The number of para-hydroxylation sites is 1. The van der Waals surface area contributed by atoms with Gasteiger partial charge < -0.3 is 19.6 Å². The van der Waals surface area contributed by atoms with Gasteiger partial charge in [0.15, 0.2) is 11.5 Å². The molecule has 0 saturated carbocycles. The lowest BCUT2D eigenvalue weighted by molar-refractivity contribution is 0.0691. The minimum absolute atomic E-state index is 0.00737. The third kappa shape index (κ3) is 2.43. The molecular weight excluding hydrogens is 332 g/mol. The molecule has 0 unspecified atom stereocenters. The molecule has 6 heteroatoms. The number of pyridine rings is 1. The molecule has 130 valence electrons. The Bertz CT molecular complexity index is 1150. The van der Waals surface area contributed by atoms with Crippen molar-refractivity contribution in [2.45, 2.75) is 0 Å². The number of carboxylic acids is 1. The van der Waals surface area contributed by atoms with Crippen LogP contribution in [0.2, 0.25) is 0 Å². The summed E-state index contributed by atoms with van der Waals surface area (Å²) in [6, 6.07) is 14.8. The topological polar surface area (TPSA) is 84.4 Å². The van der Waals surface area contributed by atoms with E-state index in [1.165, 1.54) is 0 Å². The largest absolute Gasteiger partial charge is 0.493 e. The Hall–Kier alpha value is -3.54. The summed E-state index contributed by atoms with van der Waals surface area (Å²) >= 11 is 0. The van der Waals surface area contributed by atoms with E-state index in [0.717, 1.165) is 27.4 Å². The number of nitrogens with zero attached hydrogens (tertiary/aromatic N) is 1. The van der Waals surface area contributed by atoms with Crippen molar-refractivity contribution < 1.29 is 19.4 Å². The van der Waals surface area contributed by atoms with E-state index < -0.39 is 5.97 Å². The minimum atomic E-state index is -1.07. The van der Waals surface area contributed by atoms with Crippen molar-refractivity contribution in [1.82, 2.24) is 9.97 Å². The number of aromatic amines is 1. The summed E-state index contributed by atoms with van der Waals surface area (Å²) in [6.07, 6.45) is 0. The van der Waals surface area contributed by atoms with Crippen LogP contribution in [-0.4, -0.2) is 35.3 Å². The molecule has 4 aromatic rings. The van der Waals surface area contributed by atoms with Crippen LogP contribution in [0.25, 0.3) is 33.1 Å². The highest BCUT2D eigenvalue weighted by Crippen LogP contribution is 2.36. The van der Waals surface area contributed by atoms with Gasteiger partial charge in [0.2, 0.25) is 0 Å². The van der Waals surface area contributed by atoms with Gasteiger partial charge >= 0.3 is 5.97 Å². The number of fused-ring (bicyclic) bond motifs is 3. The third-order valence-corrected chi connectivity index (χ3v) is 4.37. The number of methoxy groups -OCH3 is 2. The first-order valence-corrected chi connectivity index (χ1v) is 7.99. The molecular formula is C20H16N2O4. The number of ether oxygens (including phenoxy) is 2. The molecule has 4 rings (SSSR count). The second-order valence-corrected chi connectivity index (χ2v) is 5.82. The van der Waals surface area contributed by atoms with Gasteiger partial charge in [-0.05, 0) is 30.3 Å². The van der Waals surface area contributed by atoms with Crippen molar-refractivity contribution in [1.29, 1.82) is 0 Å². The fourth-order valence-corrected chi connectivity index (χ4v) is 3.15. The average Bonchev–Trinajstić information content (AvgIpc) is 3.05. The molecule has 0 atom stereocenters. The van der Waals surface area contributed by atoms with E-state index in [4.69, 9.17) is 9.47 Å². The first-order valence-electron chi connectivity index (χ1n) is 7.99. The number of hydrogen-bond donors (Lipinski definition) is 2. The maximum Gasteiger partial charge on any atom is 0.354 e. The van der Waals surface area contributed by atoms with Gasteiger partial charge in [0.05, 0.1) is 25.4 Å². The minimum Gasteiger partial charge on any atom is -0.493 e. The maximum absolute atomic E-state index is 11.6. The Morgan fingerprint density at radius 2 is 1.77 bits per heavy atom. The van der Waals surface area contributed by atoms with E-state index in [2.05, 4.69) is 9.97 Å². The lowest BCUT2D eigenvalue weighted by Crippen LogP contribution is -2.02. The SMILES string of the molecule is COc1ccc(-c2nc(C(=O)O)cc3c2[nH]c2ccccc23)cc1OC. The van der Waals surface area contributed by atoms with Gasteiger partial charge in [-0.15, -0.1) is 0 Å². The summed E-state index contributed by atoms with van der Waals surface area (Å²) in [5, 5.41) is 11.3. The highest BCUT2D eigenvalue weighted by Gasteiger charge is 2.17. The summed E-state index contributed by atoms with van der Waals surface area (Å²) in [4.78, 5) is 19.3. The molecule has 0 fully saturated rings. The van der Waals surface area contributed by atoms with Crippen LogP contribution in [0.1, 0.15) is 10.5 Å². The summed E-state index contributed by atoms with van der Waals surface area (Å²) in [6.45, 7) is 0. The molecule has 26 heavy (non-hydrogen) atoms. The zero-order valence-corrected chi connectivity index (χ0v) is 14.2. The Kier molecular flexibility index (Phi) is 3.73. The highest BCUT2D eigenvalue weighted by molar-refractivity contribution is 6.12. The molecule has 0 spiro atoms. The van der Waals surface area contributed by atoms with E-state index in [1.807, 2.05) is 30.3 Å².